The number of methoxy groups -OCH3 is 4. The van der Waals surface area contributed by atoms with Crippen molar-refractivity contribution in [2.75, 3.05) is 68.3 Å². The van der Waals surface area contributed by atoms with Crippen molar-refractivity contribution in [2.24, 2.45) is 28.9 Å². The minimum Gasteiger partial charge on any atom is -0.493 e. The van der Waals surface area contributed by atoms with Gasteiger partial charge in [0.1, 0.15) is 67.1 Å². The van der Waals surface area contributed by atoms with Crippen LogP contribution in [-0.4, -0.2) is 218 Å². The molecule has 414 valence electrons. The Morgan fingerprint density at radius 2 is 1.40 bits per heavy atom. The highest BCUT2D eigenvalue weighted by atomic mass is 16.7. The monoisotopic (exact) mass is 1040 g/mol. The molecule has 1 saturated carbocycles. The number of nitrogens with one attached hydrogen (secondary N) is 1. The normalized spacial score (nSPS) is 31.6. The minimum atomic E-state index is -1.76. The Balaban J connectivity index is 0.000000323. The van der Waals surface area contributed by atoms with Crippen molar-refractivity contribution in [3.63, 3.8) is 0 Å². The molecule has 2 heterocycles. The zero-order chi connectivity index (χ0) is 54.3. The van der Waals surface area contributed by atoms with E-state index in [-0.39, 0.29) is 31.8 Å². The first kappa shape index (κ1) is 61.5. The van der Waals surface area contributed by atoms with Crippen LogP contribution >= 0.6 is 0 Å². The second kappa shape index (κ2) is 28.7. The largest absolute Gasteiger partial charge is 0.493 e. The molecule has 17 atom stereocenters. The maximum atomic E-state index is 12.6. The van der Waals surface area contributed by atoms with Crippen molar-refractivity contribution in [3.8, 4) is 29.1 Å². The molecular weight excluding hydrogens is 959 g/mol. The molecule has 24 heteroatoms. The van der Waals surface area contributed by atoms with E-state index in [9.17, 15) is 50.9 Å². The van der Waals surface area contributed by atoms with Gasteiger partial charge in [0.05, 0.1) is 58.6 Å². The van der Waals surface area contributed by atoms with Crippen LogP contribution in [0.2, 0.25) is 0 Å². The number of nitrogens with zero attached hydrogens (tertiary/aromatic N) is 2. The van der Waals surface area contributed by atoms with Gasteiger partial charge in [-0.3, -0.25) is 4.79 Å². The fraction of sp³-hybridized carbons (Fsp3) is 0.714. The van der Waals surface area contributed by atoms with Crippen LogP contribution in [0.5, 0.6) is 23.0 Å². The van der Waals surface area contributed by atoms with Crippen LogP contribution in [0.4, 0.5) is 0 Å². The summed E-state index contributed by atoms with van der Waals surface area (Å²) < 4.78 is 44.1. The van der Waals surface area contributed by atoms with Gasteiger partial charge in [0.15, 0.2) is 35.6 Å². The number of aliphatic hydroxyl groups excluding tert-OH is 8. The van der Waals surface area contributed by atoms with Gasteiger partial charge >= 0.3 is 0 Å². The number of hydrogen-bond donors (Lipinski definition) is 13. The van der Waals surface area contributed by atoms with Gasteiger partial charge in [-0.25, -0.2) is 0 Å². The summed E-state index contributed by atoms with van der Waals surface area (Å²) in [6.07, 6.45) is -17.2. The molecule has 1 aliphatic carbocycles. The van der Waals surface area contributed by atoms with Gasteiger partial charge in [0, 0.05) is 19.1 Å². The lowest BCUT2D eigenvalue weighted by Gasteiger charge is -2.49. The highest BCUT2D eigenvalue weighted by molar-refractivity contribution is 5.80. The van der Waals surface area contributed by atoms with E-state index in [2.05, 4.69) is 43.2 Å². The summed E-state index contributed by atoms with van der Waals surface area (Å²) in [7, 11) is 8.67. The molecule has 24 nitrogen and oxygen atoms in total. The summed E-state index contributed by atoms with van der Waals surface area (Å²) >= 11 is 0. The lowest BCUT2D eigenvalue weighted by molar-refractivity contribution is -0.332. The van der Waals surface area contributed by atoms with Gasteiger partial charge in [-0.15, -0.1) is 0 Å². The summed E-state index contributed by atoms with van der Waals surface area (Å²) in [5.74, 6) is 2.14. The predicted octanol–water partition coefficient (Wildman–Crippen LogP) is -3.33. The minimum absolute atomic E-state index is 0.0101. The predicted molar refractivity (Wildman–Crippen MR) is 263 cm³/mol. The summed E-state index contributed by atoms with van der Waals surface area (Å²) in [5, 5.41) is 95.1. The van der Waals surface area contributed by atoms with E-state index in [0.29, 0.717) is 11.5 Å². The molecule has 5 rings (SSSR count). The van der Waals surface area contributed by atoms with Gasteiger partial charge in [0.2, 0.25) is 5.91 Å². The van der Waals surface area contributed by atoms with Crippen LogP contribution in [0.1, 0.15) is 50.7 Å². The molecule has 3 fully saturated rings. The van der Waals surface area contributed by atoms with Crippen molar-refractivity contribution in [1.82, 2.24) is 10.2 Å². The lowest BCUT2D eigenvalue weighted by atomic mass is 9.69. The average molecular weight is 1040 g/mol. The van der Waals surface area contributed by atoms with Gasteiger partial charge in [-0.1, -0.05) is 26.0 Å². The summed E-state index contributed by atoms with van der Waals surface area (Å²) in [4.78, 5) is 14.9. The molecule has 0 radical (unpaired) electrons. The number of aliphatic hydroxyl groups is 8. The highest BCUT2D eigenvalue weighted by Crippen LogP contribution is 2.41. The van der Waals surface area contributed by atoms with Crippen molar-refractivity contribution in [1.29, 1.82) is 5.26 Å². The van der Waals surface area contributed by atoms with Crippen molar-refractivity contribution in [3.05, 3.63) is 47.5 Å². The molecule has 2 aromatic carbocycles. The van der Waals surface area contributed by atoms with Crippen molar-refractivity contribution in [2.45, 2.75) is 149 Å². The Kier molecular flexibility index (Phi) is 24.2. The Morgan fingerprint density at radius 3 is 1.97 bits per heavy atom. The lowest BCUT2D eigenvalue weighted by Crippen LogP contribution is -2.69. The Bertz CT molecular complexity index is 2040. The van der Waals surface area contributed by atoms with Gasteiger partial charge in [-0.2, -0.15) is 5.26 Å². The number of ether oxygens (including phenoxy) is 8. The van der Waals surface area contributed by atoms with Gasteiger partial charge in [0.25, 0.3) is 0 Å². The third kappa shape index (κ3) is 15.1. The molecule has 3 aliphatic rings. The number of carbonyl (C=O) groups excluding carboxylic acids is 1. The number of benzene rings is 2. The molecule has 0 bridgehead atoms. The van der Waals surface area contributed by atoms with E-state index >= 15 is 0 Å². The van der Waals surface area contributed by atoms with Crippen LogP contribution in [0.25, 0.3) is 0 Å². The summed E-state index contributed by atoms with van der Waals surface area (Å²) in [6.45, 7) is 5.16. The second-order valence-corrected chi connectivity index (χ2v) is 19.0. The molecule has 17 N–H and O–H groups in total. The molecule has 1 unspecified atom stereocenters. The number of amides is 1. The van der Waals surface area contributed by atoms with E-state index in [0.717, 1.165) is 49.4 Å². The van der Waals surface area contributed by atoms with E-state index in [1.165, 1.54) is 5.56 Å². The number of rotatable bonds is 23. The van der Waals surface area contributed by atoms with Crippen LogP contribution in [-0.2, 0) is 35.6 Å². The molecule has 2 aromatic rings. The van der Waals surface area contributed by atoms with E-state index in [1.54, 1.807) is 28.4 Å². The maximum absolute atomic E-state index is 12.6. The third-order valence-corrected chi connectivity index (χ3v) is 13.9. The first-order valence-corrected chi connectivity index (χ1v) is 24.4. The molecule has 2 aliphatic heterocycles. The van der Waals surface area contributed by atoms with Crippen molar-refractivity contribution < 1.29 is 83.5 Å². The molecule has 73 heavy (non-hydrogen) atoms. The topological polar surface area (TPSA) is 396 Å². The van der Waals surface area contributed by atoms with Crippen LogP contribution in [0.15, 0.2) is 36.4 Å². The molecule has 1 amide bonds. The number of carbonyl (C=O) groups is 1. The molecule has 2 saturated heterocycles. The number of nitriles is 1. The third-order valence-electron chi connectivity index (χ3n) is 13.9. The number of hydrogen-bond acceptors (Lipinski definition) is 23. The summed E-state index contributed by atoms with van der Waals surface area (Å²) in [5.41, 5.74) is 24.7. The Morgan fingerprint density at radius 1 is 0.808 bits per heavy atom. The zero-order valence-electron chi connectivity index (χ0n) is 42.8. The van der Waals surface area contributed by atoms with Crippen LogP contribution in [0.3, 0.4) is 0 Å². The summed E-state index contributed by atoms with van der Waals surface area (Å²) in [6, 6.07) is 11.1. The van der Waals surface area contributed by atoms with E-state index in [4.69, 9.17) is 60.8 Å². The quantitative estimate of drug-likeness (QED) is 0.0518. The molecule has 0 aromatic heterocycles. The van der Waals surface area contributed by atoms with Crippen molar-refractivity contribution >= 4 is 5.91 Å². The van der Waals surface area contributed by atoms with Crippen LogP contribution < -0.4 is 47.2 Å². The fourth-order valence-corrected chi connectivity index (χ4v) is 9.29. The van der Waals surface area contributed by atoms with Gasteiger partial charge < -0.3 is 112 Å². The maximum Gasteiger partial charge on any atom is 0.249 e. The number of nitrogens with two attached hydrogens (primary N) is 4. The molecular formula is C49H81N7O17. The highest BCUT2D eigenvalue weighted by Gasteiger charge is 2.53. The fourth-order valence-electron chi connectivity index (χ4n) is 9.29. The number of likely N-dealkylation sites (N-methyl/N-ethyl adjacent to an activating group) is 1. The first-order chi connectivity index (χ1) is 34.7. The first-order valence-electron chi connectivity index (χ1n) is 24.4. The zero-order valence-corrected chi connectivity index (χ0v) is 42.8. The average Bonchev–Trinajstić information content (AvgIpc) is 3.38. The van der Waals surface area contributed by atoms with E-state index < -0.39 is 116 Å². The SMILES string of the molecule is COc1ccc(CCN(C)CCCC(C#N)(c2ccc(OC)c(OC)c2)C(C)C)cc1OC.NCC[C@H](O)C(=O)N[C@@H]1C[C@H](N)[C@@H](O[C@H]2O[C@H](CN)[C@@H](O)[C@H](O)[C@H]2O)[C@H](O)[C@H]1O[C@H]1O[C@H](CO)[C@@H](O)[C@H](N)[C@H]1O. The Hall–Kier alpha value is -4.08. The van der Waals surface area contributed by atoms with Crippen LogP contribution in [0, 0.1) is 17.2 Å². The van der Waals surface area contributed by atoms with E-state index in [1.807, 2.05) is 30.3 Å². The molecule has 0 spiro atoms. The Labute approximate surface area is 426 Å². The standard InChI is InChI=1S/C27H38N2O4.C22H43N5O13/c1-20(2)27(19-28,22-10-12-24(31-5)26(18-22)33-7)14-8-15-29(3)16-13-21-9-11-23(30-4)25(17-21)32-6;23-2-1-8(29)20(36)27-7-3-6(25)18(39-22-16(34)15(33)13(31)9(4-24)37-22)17(35)19(7)40-21-14(32)11(26)12(30)10(5-28)38-21/h9-12,17-18,20H,8,13-16H2,1-7H3;6-19,21-22,28-35H,1-5,23-26H2,(H,27,36)/t;6-,7+,8-,9+,10+,11-,12+,13+,14+,15-,16+,17-,18+,19-,21+,22+/m.0/s1. The van der Waals surface area contributed by atoms with Gasteiger partial charge in [-0.05, 0) is 93.6 Å². The second-order valence-electron chi connectivity index (χ2n) is 19.0. The smallest absolute Gasteiger partial charge is 0.249 e.